The quantitative estimate of drug-likeness (QED) is 0.398. The Bertz CT molecular complexity index is 893. The maximum atomic E-state index is 5.22. The van der Waals surface area contributed by atoms with Gasteiger partial charge in [-0.1, -0.05) is 52.0 Å². The van der Waals surface area contributed by atoms with Crippen LogP contribution in [0.2, 0.25) is 0 Å². The molecule has 2 heterocycles. The van der Waals surface area contributed by atoms with Crippen LogP contribution in [-0.4, -0.2) is 0 Å². The second-order valence-corrected chi connectivity index (χ2v) is 7.87. The average molecular weight is 326 g/mol. The van der Waals surface area contributed by atoms with Gasteiger partial charge in [0.05, 0.1) is 0 Å². The zero-order chi connectivity index (χ0) is 16.9. The van der Waals surface area contributed by atoms with Gasteiger partial charge < -0.3 is 0 Å². The van der Waals surface area contributed by atoms with Crippen LogP contribution in [0.25, 0.3) is 22.3 Å². The number of rotatable bonds is 5. The van der Waals surface area contributed by atoms with E-state index in [0.29, 0.717) is 0 Å². The number of para-hydroxylation sites is 2. The molecule has 0 aliphatic rings. The van der Waals surface area contributed by atoms with Gasteiger partial charge in [-0.05, 0) is 35.8 Å². The van der Waals surface area contributed by atoms with Crippen molar-refractivity contribution in [2.75, 3.05) is 0 Å². The standard InChI is InChI=1S/C20H22O4/c1-19(2,13-7-5-9-15-17(13)23-21-15)11-12-20(3,4)14-8-6-10-16-18(14)24-22-16/h5-10H,11-12H2,1-4H3. The summed E-state index contributed by atoms with van der Waals surface area (Å²) in [5.41, 5.74) is 5.79. The molecule has 24 heavy (non-hydrogen) atoms. The Labute approximate surface area is 140 Å². The first-order chi connectivity index (χ1) is 11.4. The van der Waals surface area contributed by atoms with Crippen molar-refractivity contribution in [3.8, 4) is 0 Å². The van der Waals surface area contributed by atoms with Crippen LogP contribution in [0.5, 0.6) is 0 Å². The highest BCUT2D eigenvalue weighted by Gasteiger charge is 2.32. The topological polar surface area (TPSA) is 52.6 Å². The fourth-order valence-electron chi connectivity index (χ4n) is 3.40. The third-order valence-corrected chi connectivity index (χ3v) is 5.22. The highest BCUT2D eigenvalue weighted by molar-refractivity contribution is 5.76. The lowest BCUT2D eigenvalue weighted by molar-refractivity contribution is 0.0564. The molecule has 4 aromatic rings. The summed E-state index contributed by atoms with van der Waals surface area (Å²) in [6.45, 7) is 9.01. The lowest BCUT2D eigenvalue weighted by Gasteiger charge is -2.32. The zero-order valence-electron chi connectivity index (χ0n) is 14.5. The van der Waals surface area contributed by atoms with E-state index in [9.17, 15) is 0 Å². The van der Waals surface area contributed by atoms with E-state index in [2.05, 4.69) is 39.8 Å². The van der Waals surface area contributed by atoms with Gasteiger partial charge in [0.1, 0.15) is 0 Å². The molecule has 2 aromatic heterocycles. The van der Waals surface area contributed by atoms with E-state index in [-0.39, 0.29) is 10.8 Å². The third-order valence-electron chi connectivity index (χ3n) is 5.22. The molecule has 0 saturated heterocycles. The summed E-state index contributed by atoms with van der Waals surface area (Å²) in [5, 5.41) is 0. The predicted molar refractivity (Wildman–Crippen MR) is 92.2 cm³/mol. The normalized spacial score (nSPS) is 13.3. The summed E-state index contributed by atoms with van der Waals surface area (Å²) in [6.07, 6.45) is 2.04. The molecule has 0 unspecified atom stereocenters. The van der Waals surface area contributed by atoms with Crippen LogP contribution in [-0.2, 0) is 10.8 Å². The van der Waals surface area contributed by atoms with Gasteiger partial charge in [-0.2, -0.15) is 0 Å². The van der Waals surface area contributed by atoms with Gasteiger partial charge in [-0.25, -0.2) is 0 Å². The van der Waals surface area contributed by atoms with Crippen LogP contribution >= 0.6 is 0 Å². The van der Waals surface area contributed by atoms with E-state index in [1.54, 1.807) is 0 Å². The van der Waals surface area contributed by atoms with E-state index >= 15 is 0 Å². The van der Waals surface area contributed by atoms with Crippen molar-refractivity contribution in [2.24, 2.45) is 0 Å². The molecule has 4 heteroatoms. The van der Waals surface area contributed by atoms with Crippen LogP contribution in [0.15, 0.2) is 54.7 Å². The Morgan fingerprint density at radius 1 is 0.625 bits per heavy atom. The van der Waals surface area contributed by atoms with Gasteiger partial charge >= 0.3 is 0 Å². The highest BCUT2D eigenvalue weighted by Crippen LogP contribution is 2.41. The lowest BCUT2D eigenvalue weighted by Crippen LogP contribution is -2.25. The van der Waals surface area contributed by atoms with Crippen LogP contribution in [0.1, 0.15) is 51.7 Å². The molecular weight excluding hydrogens is 304 g/mol. The second-order valence-electron chi connectivity index (χ2n) is 7.87. The largest absolute Gasteiger partial charge is 0.286 e. The Morgan fingerprint density at radius 2 is 1.04 bits per heavy atom. The number of fused-ring (bicyclic) bond motifs is 2. The van der Waals surface area contributed by atoms with Gasteiger partial charge in [-0.3, -0.25) is 18.3 Å². The highest BCUT2D eigenvalue weighted by atomic mass is 17.0. The molecule has 0 amide bonds. The smallest absolute Gasteiger partial charge is 0.229 e. The molecule has 0 saturated carbocycles. The maximum absolute atomic E-state index is 5.22. The Balaban J connectivity index is 1.58. The van der Waals surface area contributed by atoms with Crippen molar-refractivity contribution in [3.63, 3.8) is 0 Å². The van der Waals surface area contributed by atoms with Crippen LogP contribution in [0.3, 0.4) is 0 Å². The van der Waals surface area contributed by atoms with Crippen molar-refractivity contribution in [1.82, 2.24) is 0 Å². The molecule has 0 fully saturated rings. The summed E-state index contributed by atoms with van der Waals surface area (Å²) < 4.78 is 20.5. The minimum atomic E-state index is -0.00829. The molecule has 0 radical (unpaired) electrons. The first kappa shape index (κ1) is 15.2. The molecule has 4 rings (SSSR count). The van der Waals surface area contributed by atoms with E-state index in [1.165, 1.54) is 11.1 Å². The zero-order valence-corrected chi connectivity index (χ0v) is 14.5. The van der Waals surface area contributed by atoms with Gasteiger partial charge in [-0.15, -0.1) is 0 Å². The number of hydrogen-bond donors (Lipinski definition) is 0. The molecule has 4 nitrogen and oxygen atoms in total. The minimum absolute atomic E-state index is 0.00829. The summed E-state index contributed by atoms with van der Waals surface area (Å²) in [7, 11) is 0. The summed E-state index contributed by atoms with van der Waals surface area (Å²) in [6, 6.07) is 12.2. The van der Waals surface area contributed by atoms with Crippen LogP contribution in [0.4, 0.5) is 0 Å². The van der Waals surface area contributed by atoms with E-state index in [0.717, 1.165) is 35.2 Å². The van der Waals surface area contributed by atoms with Gasteiger partial charge in [0.25, 0.3) is 0 Å². The number of hydrogen-bond acceptors (Lipinski definition) is 4. The molecule has 0 N–H and O–H groups in total. The van der Waals surface area contributed by atoms with Gasteiger partial charge in [0.2, 0.25) is 22.3 Å². The van der Waals surface area contributed by atoms with E-state index in [4.69, 9.17) is 18.3 Å². The molecule has 0 aliphatic heterocycles. The number of benzene rings is 2. The fraction of sp³-hybridized carbons (Fsp3) is 0.400. The fourth-order valence-corrected chi connectivity index (χ4v) is 3.40. The summed E-state index contributed by atoms with van der Waals surface area (Å²) >= 11 is 0. The van der Waals surface area contributed by atoms with Gasteiger partial charge in [0, 0.05) is 11.1 Å². The van der Waals surface area contributed by atoms with Crippen molar-refractivity contribution in [2.45, 2.75) is 51.4 Å². The Kier molecular flexibility index (Phi) is 3.21. The van der Waals surface area contributed by atoms with Crippen molar-refractivity contribution in [3.05, 3.63) is 47.5 Å². The van der Waals surface area contributed by atoms with Gasteiger partial charge in [0.15, 0.2) is 0 Å². The Morgan fingerprint density at radius 3 is 1.38 bits per heavy atom. The summed E-state index contributed by atoms with van der Waals surface area (Å²) in [4.78, 5) is 0. The van der Waals surface area contributed by atoms with Crippen LogP contribution in [0, 0.1) is 0 Å². The first-order valence-corrected chi connectivity index (χ1v) is 8.34. The molecule has 0 aliphatic carbocycles. The molecule has 126 valence electrons. The average Bonchev–Trinajstić information content (AvgIpc) is 2.47. The van der Waals surface area contributed by atoms with E-state index in [1.807, 2.05) is 24.3 Å². The van der Waals surface area contributed by atoms with Crippen LogP contribution < -0.4 is 0 Å². The molecule has 0 bridgehead atoms. The Hall–Kier alpha value is -2.36. The predicted octanol–water partition coefficient (Wildman–Crippen LogP) is 6.40. The minimum Gasteiger partial charge on any atom is -0.286 e. The van der Waals surface area contributed by atoms with Crippen molar-refractivity contribution >= 4 is 22.3 Å². The molecular formula is C20H22O4. The SMILES string of the molecule is CC(C)(CCC(C)(C)c1cccc2ooc12)c1cccc2ooc12. The van der Waals surface area contributed by atoms with Crippen molar-refractivity contribution < 1.29 is 18.3 Å². The monoisotopic (exact) mass is 326 g/mol. The molecule has 2 aromatic carbocycles. The first-order valence-electron chi connectivity index (χ1n) is 8.34. The van der Waals surface area contributed by atoms with Crippen molar-refractivity contribution in [1.29, 1.82) is 0 Å². The molecule has 0 atom stereocenters. The second kappa shape index (κ2) is 5.07. The third kappa shape index (κ3) is 2.29. The summed E-state index contributed by atoms with van der Waals surface area (Å²) in [5.74, 6) is 0. The lowest BCUT2D eigenvalue weighted by atomic mass is 9.72. The van der Waals surface area contributed by atoms with E-state index < -0.39 is 0 Å². The maximum Gasteiger partial charge on any atom is 0.229 e. The molecule has 0 spiro atoms.